The third kappa shape index (κ3) is 5.02. The maximum Gasteiger partial charge on any atom is 0.340 e. The van der Waals surface area contributed by atoms with E-state index in [0.717, 1.165) is 11.3 Å². The fourth-order valence-electron chi connectivity index (χ4n) is 2.93. The number of nitrogens with one attached hydrogen (secondary N) is 1. The number of hydrogen-bond acceptors (Lipinski definition) is 4. The van der Waals surface area contributed by atoms with E-state index in [2.05, 4.69) is 5.32 Å². The van der Waals surface area contributed by atoms with Crippen molar-refractivity contribution in [3.8, 4) is 0 Å². The molecule has 0 saturated carbocycles. The van der Waals surface area contributed by atoms with Gasteiger partial charge in [0.05, 0.1) is 17.9 Å². The molecule has 0 unspecified atom stereocenters. The molecular weight excluding hydrogens is 368 g/mol. The highest BCUT2D eigenvalue weighted by Gasteiger charge is 2.39. The molecule has 0 saturated heterocycles. The molecule has 0 aromatic heterocycles. The molecule has 0 aliphatic carbocycles. The Bertz CT molecular complexity index is 905. The molecule has 6 nitrogen and oxygen atoms in total. The molecule has 2 aromatic rings. The molecule has 0 aliphatic rings. The quantitative estimate of drug-likeness (QED) is 0.562. The molecule has 2 rings (SSSR count). The van der Waals surface area contributed by atoms with Crippen LogP contribution in [0.1, 0.15) is 43.6 Å². The third-order valence-electron chi connectivity index (χ3n) is 4.65. The second-order valence-electron chi connectivity index (χ2n) is 7.23. The predicted octanol–water partition coefficient (Wildman–Crippen LogP) is 4.19. The van der Waals surface area contributed by atoms with E-state index < -0.39 is 17.3 Å². The summed E-state index contributed by atoms with van der Waals surface area (Å²) in [5, 5.41) is 2.73. The summed E-state index contributed by atoms with van der Waals surface area (Å²) in [7, 11) is 0. The number of nitrogens with zero attached hydrogens (tertiary/aromatic N) is 1. The van der Waals surface area contributed by atoms with Crippen LogP contribution in [-0.4, -0.2) is 30.9 Å². The van der Waals surface area contributed by atoms with Crippen LogP contribution in [0.2, 0.25) is 0 Å². The number of para-hydroxylation sites is 1. The van der Waals surface area contributed by atoms with Gasteiger partial charge in [0.25, 0.3) is 0 Å². The van der Waals surface area contributed by atoms with Gasteiger partial charge in [0, 0.05) is 12.2 Å². The normalized spacial score (nSPS) is 10.9. The number of aryl methyl sites for hydroxylation is 1. The lowest BCUT2D eigenvalue weighted by atomic mass is 9.89. The number of ether oxygens (including phenoxy) is 1. The van der Waals surface area contributed by atoms with E-state index in [1.807, 2.05) is 38.1 Å². The van der Waals surface area contributed by atoms with Crippen molar-refractivity contribution in [1.82, 2.24) is 0 Å². The van der Waals surface area contributed by atoms with E-state index in [4.69, 9.17) is 4.74 Å². The summed E-state index contributed by atoms with van der Waals surface area (Å²) in [6.07, 6.45) is 0. The summed E-state index contributed by atoms with van der Waals surface area (Å²) in [5.74, 6) is -1.34. The predicted molar refractivity (Wildman–Crippen MR) is 114 cm³/mol. The average Bonchev–Trinajstić information content (AvgIpc) is 2.69. The molecule has 29 heavy (non-hydrogen) atoms. The van der Waals surface area contributed by atoms with Crippen LogP contribution in [0.5, 0.6) is 0 Å². The number of benzene rings is 2. The van der Waals surface area contributed by atoms with Crippen molar-refractivity contribution in [3.63, 3.8) is 0 Å². The van der Waals surface area contributed by atoms with Crippen LogP contribution in [0.3, 0.4) is 0 Å². The van der Waals surface area contributed by atoms with Crippen LogP contribution in [0.15, 0.2) is 48.5 Å². The molecule has 1 N–H and O–H groups in total. The minimum atomic E-state index is -1.35. The SMILES string of the molecule is CCOC(=O)c1ccccc1NC(=O)C(C)(C)C(=O)N(CC)c1cccc(C)c1. The van der Waals surface area contributed by atoms with Gasteiger partial charge in [-0.05, 0) is 64.4 Å². The van der Waals surface area contributed by atoms with Gasteiger partial charge in [-0.1, -0.05) is 24.3 Å². The van der Waals surface area contributed by atoms with Crippen molar-refractivity contribution >= 4 is 29.2 Å². The van der Waals surface area contributed by atoms with Gasteiger partial charge in [-0.15, -0.1) is 0 Å². The first-order chi connectivity index (χ1) is 13.7. The fraction of sp³-hybridized carbons (Fsp3) is 0.348. The zero-order valence-corrected chi connectivity index (χ0v) is 17.6. The lowest BCUT2D eigenvalue weighted by Crippen LogP contribution is -2.47. The van der Waals surface area contributed by atoms with Crippen LogP contribution >= 0.6 is 0 Å². The molecule has 0 fully saturated rings. The summed E-state index contributed by atoms with van der Waals surface area (Å²) < 4.78 is 5.04. The van der Waals surface area contributed by atoms with Gasteiger partial charge in [0.15, 0.2) is 0 Å². The molecule has 0 heterocycles. The molecule has 0 atom stereocenters. The second-order valence-corrected chi connectivity index (χ2v) is 7.23. The first-order valence-corrected chi connectivity index (χ1v) is 9.68. The van der Waals surface area contributed by atoms with E-state index in [0.29, 0.717) is 12.2 Å². The van der Waals surface area contributed by atoms with Gasteiger partial charge < -0.3 is 15.0 Å². The van der Waals surface area contributed by atoms with Crippen molar-refractivity contribution in [2.75, 3.05) is 23.4 Å². The lowest BCUT2D eigenvalue weighted by Gasteiger charge is -2.30. The van der Waals surface area contributed by atoms with Crippen LogP contribution in [-0.2, 0) is 14.3 Å². The number of amides is 2. The smallest absolute Gasteiger partial charge is 0.340 e. The maximum atomic E-state index is 13.2. The Labute approximate surface area is 171 Å². The van der Waals surface area contributed by atoms with Gasteiger partial charge >= 0.3 is 5.97 Å². The Balaban J connectivity index is 2.28. The maximum absolute atomic E-state index is 13.2. The Morgan fingerprint density at radius 2 is 1.72 bits per heavy atom. The summed E-state index contributed by atoms with van der Waals surface area (Å²) >= 11 is 0. The van der Waals surface area contributed by atoms with Crippen molar-refractivity contribution in [3.05, 3.63) is 59.7 Å². The molecule has 0 spiro atoms. The van der Waals surface area contributed by atoms with Gasteiger partial charge in [-0.25, -0.2) is 4.79 Å². The zero-order chi connectivity index (χ0) is 21.6. The second kappa shape index (κ2) is 9.37. The van der Waals surface area contributed by atoms with E-state index in [1.54, 1.807) is 49.9 Å². The van der Waals surface area contributed by atoms with Crippen molar-refractivity contribution in [2.45, 2.75) is 34.6 Å². The first kappa shape index (κ1) is 22.1. The van der Waals surface area contributed by atoms with Gasteiger partial charge in [-0.2, -0.15) is 0 Å². The highest BCUT2D eigenvalue weighted by atomic mass is 16.5. The summed E-state index contributed by atoms with van der Waals surface area (Å²) in [6.45, 7) is 9.35. The lowest BCUT2D eigenvalue weighted by molar-refractivity contribution is -0.136. The van der Waals surface area contributed by atoms with Crippen LogP contribution in [0.25, 0.3) is 0 Å². The first-order valence-electron chi connectivity index (χ1n) is 9.68. The number of rotatable bonds is 7. The third-order valence-corrected chi connectivity index (χ3v) is 4.65. The fourth-order valence-corrected chi connectivity index (χ4v) is 2.93. The minimum Gasteiger partial charge on any atom is -0.462 e. The van der Waals surface area contributed by atoms with Crippen LogP contribution in [0.4, 0.5) is 11.4 Å². The highest BCUT2D eigenvalue weighted by molar-refractivity contribution is 6.15. The molecular formula is C23H28N2O4. The minimum absolute atomic E-state index is 0.229. The van der Waals surface area contributed by atoms with E-state index in [-0.39, 0.29) is 18.1 Å². The molecule has 2 aromatic carbocycles. The largest absolute Gasteiger partial charge is 0.462 e. The van der Waals surface area contributed by atoms with Crippen molar-refractivity contribution in [2.24, 2.45) is 5.41 Å². The van der Waals surface area contributed by atoms with Crippen LogP contribution in [0, 0.1) is 12.3 Å². The Morgan fingerprint density at radius 3 is 2.34 bits per heavy atom. The summed E-state index contributed by atoms with van der Waals surface area (Å²) in [4.78, 5) is 40.0. The van der Waals surface area contributed by atoms with Gasteiger partial charge in [0.2, 0.25) is 11.8 Å². The molecule has 0 bridgehead atoms. The number of anilines is 2. The number of hydrogen-bond donors (Lipinski definition) is 1. The number of carbonyl (C=O) groups excluding carboxylic acids is 3. The average molecular weight is 396 g/mol. The molecule has 154 valence electrons. The number of carbonyl (C=O) groups is 3. The van der Waals surface area contributed by atoms with Gasteiger partial charge in [0.1, 0.15) is 5.41 Å². The molecule has 0 aliphatic heterocycles. The van der Waals surface area contributed by atoms with E-state index >= 15 is 0 Å². The van der Waals surface area contributed by atoms with Crippen molar-refractivity contribution < 1.29 is 19.1 Å². The Morgan fingerprint density at radius 1 is 1.03 bits per heavy atom. The van der Waals surface area contributed by atoms with Crippen molar-refractivity contribution in [1.29, 1.82) is 0 Å². The monoisotopic (exact) mass is 396 g/mol. The van der Waals surface area contributed by atoms with Crippen LogP contribution < -0.4 is 10.2 Å². The summed E-state index contributed by atoms with van der Waals surface area (Å²) in [5.41, 5.74) is 0.985. The van der Waals surface area contributed by atoms with E-state index in [1.165, 1.54) is 0 Å². The molecule has 6 heteroatoms. The Hall–Kier alpha value is -3.15. The standard InChI is InChI=1S/C23H28N2O4/c1-6-25(17-12-10-11-16(3)15-17)22(28)23(4,5)21(27)24-19-14-9-8-13-18(19)20(26)29-7-2/h8-15H,6-7H2,1-5H3,(H,24,27). The number of esters is 1. The zero-order valence-electron chi connectivity index (χ0n) is 17.6. The topological polar surface area (TPSA) is 75.7 Å². The molecule has 2 amide bonds. The summed E-state index contributed by atoms with van der Waals surface area (Å²) in [6, 6.07) is 14.2. The highest BCUT2D eigenvalue weighted by Crippen LogP contribution is 2.27. The van der Waals surface area contributed by atoms with E-state index in [9.17, 15) is 14.4 Å². The van der Waals surface area contributed by atoms with Gasteiger partial charge in [-0.3, -0.25) is 9.59 Å². The molecule has 0 radical (unpaired) electrons. The Kier molecular flexibility index (Phi) is 7.15.